The van der Waals surface area contributed by atoms with Crippen molar-refractivity contribution in [3.05, 3.63) is 40.8 Å². The molecule has 128 valence electrons. The Kier molecular flexibility index (Phi) is 3.41. The Morgan fingerprint density at radius 1 is 1.50 bits per heavy atom. The highest BCUT2D eigenvalue weighted by molar-refractivity contribution is 5.96. The van der Waals surface area contributed by atoms with E-state index in [0.717, 1.165) is 25.7 Å². The molecule has 4 nitrogen and oxygen atoms in total. The number of amides is 1. The summed E-state index contributed by atoms with van der Waals surface area (Å²) in [6.45, 7) is 2.17. The van der Waals surface area contributed by atoms with E-state index in [1.165, 1.54) is 22.0 Å². The minimum Gasteiger partial charge on any atom is -0.342 e. The van der Waals surface area contributed by atoms with Crippen LogP contribution in [0.25, 0.3) is 0 Å². The molecule has 4 rings (SSSR count). The van der Waals surface area contributed by atoms with Crippen LogP contribution in [-0.4, -0.2) is 21.2 Å². The van der Waals surface area contributed by atoms with Gasteiger partial charge in [-0.15, -0.1) is 0 Å². The van der Waals surface area contributed by atoms with E-state index < -0.39 is 18.0 Å². The summed E-state index contributed by atoms with van der Waals surface area (Å²) in [5.74, 6) is 0.343. The van der Waals surface area contributed by atoms with Crippen LogP contribution in [0.3, 0.4) is 0 Å². The Labute approximate surface area is 139 Å². The minimum atomic E-state index is -2.76. The summed E-state index contributed by atoms with van der Waals surface area (Å²) < 4.78 is 27.6. The lowest BCUT2D eigenvalue weighted by Crippen LogP contribution is -2.51. The van der Waals surface area contributed by atoms with Crippen molar-refractivity contribution in [2.75, 3.05) is 0 Å². The topological polar surface area (TPSA) is 46.9 Å². The Balaban J connectivity index is 1.69. The molecule has 0 saturated heterocycles. The Morgan fingerprint density at radius 2 is 2.29 bits per heavy atom. The molecule has 1 aromatic heterocycles. The zero-order valence-corrected chi connectivity index (χ0v) is 13.9. The van der Waals surface area contributed by atoms with Gasteiger partial charge in [0.15, 0.2) is 0 Å². The molecule has 3 aliphatic carbocycles. The second kappa shape index (κ2) is 5.26. The van der Waals surface area contributed by atoms with E-state index in [0.29, 0.717) is 11.8 Å². The second-order valence-corrected chi connectivity index (χ2v) is 7.14. The summed E-state index contributed by atoms with van der Waals surface area (Å²) in [5.41, 5.74) is 1.84. The van der Waals surface area contributed by atoms with Crippen molar-refractivity contribution >= 4 is 5.91 Å². The number of aromatic nitrogens is 2. The first-order valence-electron chi connectivity index (χ1n) is 8.48. The zero-order valence-electron chi connectivity index (χ0n) is 13.9. The number of rotatable bonds is 3. The van der Waals surface area contributed by atoms with Crippen LogP contribution in [0.4, 0.5) is 8.78 Å². The van der Waals surface area contributed by atoms with Crippen molar-refractivity contribution in [2.24, 2.45) is 18.9 Å². The predicted molar refractivity (Wildman–Crippen MR) is 85.7 cm³/mol. The molecule has 1 amide bonds. The molecule has 1 aromatic rings. The van der Waals surface area contributed by atoms with Gasteiger partial charge in [-0.3, -0.25) is 9.48 Å². The average Bonchev–Trinajstić information content (AvgIpc) is 3.16. The molecule has 3 aliphatic rings. The lowest BCUT2D eigenvalue weighted by atomic mass is 9.80. The normalized spacial score (nSPS) is 31.0. The van der Waals surface area contributed by atoms with Gasteiger partial charge >= 0.3 is 0 Å². The number of allylic oxidation sites excluding steroid dienone is 3. The van der Waals surface area contributed by atoms with Crippen LogP contribution in [0.1, 0.15) is 55.1 Å². The fourth-order valence-corrected chi connectivity index (χ4v) is 4.93. The Hall–Kier alpha value is -1.98. The SMILES string of the molecule is CC1C2CCC1(NC(=O)c1cn(C)nc1C(F)F)C1=C2C=CCC1. The third kappa shape index (κ3) is 2.01. The monoisotopic (exact) mass is 333 g/mol. The first-order valence-corrected chi connectivity index (χ1v) is 8.48. The molecule has 1 heterocycles. The molecule has 6 heteroatoms. The zero-order chi connectivity index (χ0) is 17.1. The molecule has 24 heavy (non-hydrogen) atoms. The summed E-state index contributed by atoms with van der Waals surface area (Å²) in [6, 6.07) is 0. The summed E-state index contributed by atoms with van der Waals surface area (Å²) >= 11 is 0. The number of hydrogen-bond donors (Lipinski definition) is 1. The van der Waals surface area contributed by atoms with Crippen molar-refractivity contribution in [1.82, 2.24) is 15.1 Å². The van der Waals surface area contributed by atoms with Crippen LogP contribution in [-0.2, 0) is 7.05 Å². The van der Waals surface area contributed by atoms with E-state index in [4.69, 9.17) is 0 Å². The van der Waals surface area contributed by atoms with Crippen LogP contribution >= 0.6 is 0 Å². The Morgan fingerprint density at radius 3 is 3.04 bits per heavy atom. The second-order valence-electron chi connectivity index (χ2n) is 7.14. The molecule has 0 aromatic carbocycles. The average molecular weight is 333 g/mol. The Bertz CT molecular complexity index is 764. The van der Waals surface area contributed by atoms with Crippen molar-refractivity contribution in [1.29, 1.82) is 0 Å². The lowest BCUT2D eigenvalue weighted by molar-refractivity contribution is 0.0884. The molecule has 2 bridgehead atoms. The molecule has 0 spiro atoms. The fourth-order valence-electron chi connectivity index (χ4n) is 4.93. The molecule has 0 aliphatic heterocycles. The number of fused-ring (bicyclic) bond motifs is 4. The van der Waals surface area contributed by atoms with Crippen molar-refractivity contribution in [2.45, 2.75) is 44.6 Å². The van der Waals surface area contributed by atoms with Gasteiger partial charge in [0, 0.05) is 13.2 Å². The molecule has 1 fully saturated rings. The van der Waals surface area contributed by atoms with Crippen LogP contribution in [0, 0.1) is 11.8 Å². The summed E-state index contributed by atoms with van der Waals surface area (Å²) in [5, 5.41) is 6.89. The molecule has 0 radical (unpaired) electrons. The van der Waals surface area contributed by atoms with Crippen LogP contribution in [0.5, 0.6) is 0 Å². The number of halogens is 2. The molecule has 3 unspecified atom stereocenters. The number of carbonyl (C=O) groups is 1. The van der Waals surface area contributed by atoms with Gasteiger partial charge in [-0.2, -0.15) is 5.10 Å². The third-order valence-electron chi connectivity index (χ3n) is 6.02. The van der Waals surface area contributed by atoms with Gasteiger partial charge < -0.3 is 5.32 Å². The summed E-state index contributed by atoms with van der Waals surface area (Å²) in [6.07, 6.45) is 6.87. The predicted octanol–water partition coefficient (Wildman–Crippen LogP) is 3.53. The van der Waals surface area contributed by atoms with Gasteiger partial charge in [-0.05, 0) is 48.7 Å². The minimum absolute atomic E-state index is 0.0158. The molecule has 1 N–H and O–H groups in total. The van der Waals surface area contributed by atoms with Gasteiger partial charge in [0.05, 0.1) is 11.1 Å². The quantitative estimate of drug-likeness (QED) is 0.920. The highest BCUT2D eigenvalue weighted by Gasteiger charge is 2.56. The number of nitrogens with one attached hydrogen (secondary N) is 1. The molecular formula is C18H21F2N3O. The number of alkyl halides is 2. The van der Waals surface area contributed by atoms with Crippen molar-refractivity contribution in [3.8, 4) is 0 Å². The van der Waals surface area contributed by atoms with Gasteiger partial charge in [-0.1, -0.05) is 19.1 Å². The van der Waals surface area contributed by atoms with E-state index in [9.17, 15) is 13.6 Å². The van der Waals surface area contributed by atoms with E-state index in [2.05, 4.69) is 29.5 Å². The summed E-state index contributed by atoms with van der Waals surface area (Å²) in [7, 11) is 1.55. The van der Waals surface area contributed by atoms with Gasteiger partial charge in [-0.25, -0.2) is 8.78 Å². The highest BCUT2D eigenvalue weighted by Crippen LogP contribution is 2.57. The van der Waals surface area contributed by atoms with Gasteiger partial charge in [0.25, 0.3) is 12.3 Å². The number of hydrogen-bond acceptors (Lipinski definition) is 2. The maximum absolute atomic E-state index is 13.2. The molecule has 3 atom stereocenters. The van der Waals surface area contributed by atoms with Crippen LogP contribution in [0.2, 0.25) is 0 Å². The van der Waals surface area contributed by atoms with Gasteiger partial charge in [0.1, 0.15) is 5.69 Å². The fraction of sp³-hybridized carbons (Fsp3) is 0.556. The standard InChI is InChI=1S/C18H21F2N3O/c1-10-11-7-8-18(10,14-6-4-3-5-12(11)14)21-17(24)13-9-23(2)22-15(13)16(19)20/h3,5,9-11,16H,4,6-8H2,1-2H3,(H,21,24). The maximum atomic E-state index is 13.2. The smallest absolute Gasteiger partial charge is 0.282 e. The maximum Gasteiger partial charge on any atom is 0.282 e. The molecular weight excluding hydrogens is 312 g/mol. The highest BCUT2D eigenvalue weighted by atomic mass is 19.3. The lowest BCUT2D eigenvalue weighted by Gasteiger charge is -2.36. The third-order valence-corrected chi connectivity index (χ3v) is 6.02. The van der Waals surface area contributed by atoms with Gasteiger partial charge in [0.2, 0.25) is 0 Å². The van der Waals surface area contributed by atoms with E-state index in [1.54, 1.807) is 7.05 Å². The summed E-state index contributed by atoms with van der Waals surface area (Å²) in [4.78, 5) is 12.8. The first kappa shape index (κ1) is 15.5. The van der Waals surface area contributed by atoms with E-state index >= 15 is 0 Å². The molecule has 1 saturated carbocycles. The van der Waals surface area contributed by atoms with Crippen LogP contribution < -0.4 is 5.32 Å². The number of aryl methyl sites for hydroxylation is 1. The number of nitrogens with zero attached hydrogens (tertiary/aromatic N) is 2. The van der Waals surface area contributed by atoms with E-state index in [1.807, 2.05) is 0 Å². The first-order chi connectivity index (χ1) is 11.4. The van der Waals surface area contributed by atoms with Crippen molar-refractivity contribution in [3.63, 3.8) is 0 Å². The number of carbonyl (C=O) groups excluding carboxylic acids is 1. The largest absolute Gasteiger partial charge is 0.342 e. The van der Waals surface area contributed by atoms with E-state index in [-0.39, 0.29) is 11.1 Å². The van der Waals surface area contributed by atoms with Crippen LogP contribution in [0.15, 0.2) is 29.5 Å². The van der Waals surface area contributed by atoms with Crippen molar-refractivity contribution < 1.29 is 13.6 Å².